The largest absolute Gasteiger partial charge is 0.493 e. The van der Waals surface area contributed by atoms with Crippen LogP contribution in [0, 0.1) is 0 Å². The third kappa shape index (κ3) is 6.35. The summed E-state index contributed by atoms with van der Waals surface area (Å²) in [4.78, 5) is 39.2. The van der Waals surface area contributed by atoms with Crippen molar-refractivity contribution in [2.45, 2.75) is 40.2 Å². The Balaban J connectivity index is 1.86. The highest BCUT2D eigenvalue weighted by Gasteiger charge is 2.35. The van der Waals surface area contributed by atoms with Gasteiger partial charge in [0.25, 0.3) is 11.8 Å². The van der Waals surface area contributed by atoms with E-state index in [-0.39, 0.29) is 12.1 Å². The summed E-state index contributed by atoms with van der Waals surface area (Å²) in [6.07, 6.45) is 3.11. The van der Waals surface area contributed by atoms with Gasteiger partial charge in [-0.15, -0.1) is 0 Å². The van der Waals surface area contributed by atoms with Crippen molar-refractivity contribution >= 4 is 23.9 Å². The van der Waals surface area contributed by atoms with E-state index in [1.54, 1.807) is 36.4 Å². The van der Waals surface area contributed by atoms with Crippen molar-refractivity contribution in [1.82, 2.24) is 10.2 Å². The number of rotatable bonds is 12. The highest BCUT2D eigenvalue weighted by molar-refractivity contribution is 6.30. The number of barbiturate groups is 1. The number of urea groups is 1. The van der Waals surface area contributed by atoms with Gasteiger partial charge in [0.1, 0.15) is 5.57 Å². The van der Waals surface area contributed by atoms with Crippen molar-refractivity contribution in [3.8, 4) is 23.0 Å². The zero-order valence-corrected chi connectivity index (χ0v) is 21.1. The minimum atomic E-state index is -0.785. The molecule has 9 heteroatoms. The molecule has 0 saturated carbocycles. The first kappa shape index (κ1) is 26.6. The predicted molar refractivity (Wildman–Crippen MR) is 134 cm³/mol. The molecule has 0 aromatic heterocycles. The van der Waals surface area contributed by atoms with Gasteiger partial charge >= 0.3 is 6.03 Å². The average molecular weight is 497 g/mol. The molecule has 3 rings (SSSR count). The van der Waals surface area contributed by atoms with Gasteiger partial charge in [0.2, 0.25) is 0 Å². The summed E-state index contributed by atoms with van der Waals surface area (Å²) in [5.74, 6) is 0.700. The van der Waals surface area contributed by atoms with Crippen molar-refractivity contribution < 1.29 is 33.3 Å². The number of nitrogens with zero attached hydrogens (tertiary/aromatic N) is 1. The van der Waals surface area contributed by atoms with Gasteiger partial charge in [-0.25, -0.2) is 4.79 Å². The third-order valence-electron chi connectivity index (χ3n) is 5.26. The Labute approximate surface area is 211 Å². The molecule has 4 amide bonds. The zero-order chi connectivity index (χ0) is 26.1. The summed E-state index contributed by atoms with van der Waals surface area (Å²) in [7, 11) is 1.51. The first-order chi connectivity index (χ1) is 17.4. The van der Waals surface area contributed by atoms with Crippen LogP contribution in [0.15, 0.2) is 42.0 Å². The van der Waals surface area contributed by atoms with Crippen molar-refractivity contribution in [1.29, 1.82) is 0 Å². The number of benzene rings is 2. The summed E-state index contributed by atoms with van der Waals surface area (Å²) in [5, 5.41) is 2.24. The monoisotopic (exact) mass is 496 g/mol. The Hall–Kier alpha value is -4.01. The van der Waals surface area contributed by atoms with Gasteiger partial charge in [0.05, 0.1) is 33.5 Å². The minimum Gasteiger partial charge on any atom is -0.493 e. The molecule has 192 valence electrons. The Morgan fingerprint density at radius 2 is 1.50 bits per heavy atom. The van der Waals surface area contributed by atoms with Crippen molar-refractivity contribution in [2.24, 2.45) is 0 Å². The van der Waals surface area contributed by atoms with E-state index in [0.29, 0.717) is 53.9 Å². The van der Waals surface area contributed by atoms with E-state index in [4.69, 9.17) is 18.9 Å². The molecule has 2 aromatic rings. The van der Waals surface area contributed by atoms with Crippen LogP contribution >= 0.6 is 0 Å². The number of carbonyl (C=O) groups is 3. The fraction of sp³-hybridized carbons (Fsp3) is 0.370. The summed E-state index contributed by atoms with van der Waals surface area (Å²) < 4.78 is 22.4. The molecule has 1 saturated heterocycles. The first-order valence-corrected chi connectivity index (χ1v) is 12.0. The second kappa shape index (κ2) is 12.6. The first-order valence-electron chi connectivity index (χ1n) is 12.0. The van der Waals surface area contributed by atoms with Crippen LogP contribution in [0.3, 0.4) is 0 Å². The summed E-state index contributed by atoms with van der Waals surface area (Å²) in [6.45, 7) is 7.33. The smallest absolute Gasteiger partial charge is 0.331 e. The molecule has 36 heavy (non-hydrogen) atoms. The maximum Gasteiger partial charge on any atom is 0.331 e. The minimum absolute atomic E-state index is 0.0451. The lowest BCUT2D eigenvalue weighted by molar-refractivity contribution is -0.130. The van der Waals surface area contributed by atoms with Crippen LogP contribution in [-0.2, 0) is 16.1 Å². The predicted octanol–water partition coefficient (Wildman–Crippen LogP) is 4.33. The lowest BCUT2D eigenvalue weighted by atomic mass is 10.1. The molecular formula is C27H32N2O7. The molecular weight excluding hydrogens is 464 g/mol. The van der Waals surface area contributed by atoms with Gasteiger partial charge in [0.15, 0.2) is 23.0 Å². The zero-order valence-electron chi connectivity index (χ0n) is 21.1. The lowest BCUT2D eigenvalue weighted by Crippen LogP contribution is -2.53. The third-order valence-corrected chi connectivity index (χ3v) is 5.26. The molecule has 1 aliphatic heterocycles. The van der Waals surface area contributed by atoms with Crippen molar-refractivity contribution in [2.75, 3.05) is 26.9 Å². The molecule has 9 nitrogen and oxygen atoms in total. The van der Waals surface area contributed by atoms with Gasteiger partial charge in [-0.1, -0.05) is 26.0 Å². The SMILES string of the molecule is CCCOc1ccc(/C=C2\C(=O)NC(=O)N(Cc3ccc(OCCC)c(OCC)c3)C2=O)cc1OC. The van der Waals surface area contributed by atoms with Gasteiger partial charge in [-0.3, -0.25) is 19.8 Å². The highest BCUT2D eigenvalue weighted by Crippen LogP contribution is 2.31. The number of methoxy groups -OCH3 is 1. The van der Waals surface area contributed by atoms with Crippen LogP contribution in [0.25, 0.3) is 6.08 Å². The molecule has 1 heterocycles. The van der Waals surface area contributed by atoms with Crippen LogP contribution in [0.1, 0.15) is 44.7 Å². The van der Waals surface area contributed by atoms with E-state index in [2.05, 4.69) is 5.32 Å². The Morgan fingerprint density at radius 3 is 2.14 bits per heavy atom. The van der Waals surface area contributed by atoms with E-state index in [0.717, 1.165) is 17.7 Å². The molecule has 1 N–H and O–H groups in total. The number of amides is 4. The molecule has 0 radical (unpaired) electrons. The van der Waals surface area contributed by atoms with E-state index in [1.807, 2.05) is 20.8 Å². The van der Waals surface area contributed by atoms with E-state index in [9.17, 15) is 14.4 Å². The Kier molecular flexibility index (Phi) is 9.32. The van der Waals surface area contributed by atoms with Crippen LogP contribution in [0.4, 0.5) is 4.79 Å². The fourth-order valence-electron chi connectivity index (χ4n) is 3.54. The number of carbonyl (C=O) groups excluding carboxylic acids is 3. The molecule has 0 atom stereocenters. The van der Waals surface area contributed by atoms with Crippen LogP contribution in [-0.4, -0.2) is 49.7 Å². The topological polar surface area (TPSA) is 103 Å². The van der Waals surface area contributed by atoms with E-state index < -0.39 is 17.8 Å². The maximum absolute atomic E-state index is 13.2. The number of nitrogens with one attached hydrogen (secondary N) is 1. The molecule has 2 aromatic carbocycles. The average Bonchev–Trinajstić information content (AvgIpc) is 2.87. The standard InChI is InChI=1S/C27H32N2O7/c1-5-12-35-21-10-8-18(15-23(21)33-4)14-20-25(30)28-27(32)29(26(20)31)17-19-9-11-22(36-13-6-2)24(16-19)34-7-3/h8-11,14-16H,5-7,12-13,17H2,1-4H3,(H,28,30,32)/b20-14+. The number of imide groups is 2. The lowest BCUT2D eigenvalue weighted by Gasteiger charge is -2.26. The molecule has 1 fully saturated rings. The van der Waals surface area contributed by atoms with Gasteiger partial charge in [0, 0.05) is 0 Å². The normalized spacial score (nSPS) is 14.6. The van der Waals surface area contributed by atoms with Crippen LogP contribution < -0.4 is 24.3 Å². The summed E-state index contributed by atoms with van der Waals surface area (Å²) in [5.41, 5.74) is 1.05. The van der Waals surface area contributed by atoms with Gasteiger partial charge < -0.3 is 18.9 Å². The molecule has 0 aliphatic carbocycles. The van der Waals surface area contributed by atoms with Gasteiger partial charge in [-0.05, 0) is 61.2 Å². The quantitative estimate of drug-likeness (QED) is 0.344. The Morgan fingerprint density at radius 1 is 0.833 bits per heavy atom. The summed E-state index contributed by atoms with van der Waals surface area (Å²) in [6, 6.07) is 9.55. The molecule has 0 unspecified atom stereocenters. The van der Waals surface area contributed by atoms with Crippen LogP contribution in [0.5, 0.6) is 23.0 Å². The summed E-state index contributed by atoms with van der Waals surface area (Å²) >= 11 is 0. The van der Waals surface area contributed by atoms with Crippen molar-refractivity contribution in [3.63, 3.8) is 0 Å². The van der Waals surface area contributed by atoms with Crippen LogP contribution in [0.2, 0.25) is 0 Å². The fourth-order valence-corrected chi connectivity index (χ4v) is 3.54. The highest BCUT2D eigenvalue weighted by atomic mass is 16.5. The molecule has 0 spiro atoms. The number of hydrogen-bond acceptors (Lipinski definition) is 7. The number of ether oxygens (including phenoxy) is 4. The number of hydrogen-bond donors (Lipinski definition) is 1. The second-order valence-corrected chi connectivity index (χ2v) is 8.03. The van der Waals surface area contributed by atoms with E-state index >= 15 is 0 Å². The van der Waals surface area contributed by atoms with Gasteiger partial charge in [-0.2, -0.15) is 0 Å². The second-order valence-electron chi connectivity index (χ2n) is 8.03. The molecule has 0 bridgehead atoms. The molecule has 1 aliphatic rings. The Bertz CT molecular complexity index is 1140. The maximum atomic E-state index is 13.2. The van der Waals surface area contributed by atoms with Crippen molar-refractivity contribution in [3.05, 3.63) is 53.1 Å². The van der Waals surface area contributed by atoms with E-state index in [1.165, 1.54) is 13.2 Å².